The first-order valence-corrected chi connectivity index (χ1v) is 8.56. The molecule has 0 saturated heterocycles. The van der Waals surface area contributed by atoms with Crippen molar-refractivity contribution in [3.8, 4) is 11.5 Å². The number of rotatable bonds is 5. The number of carbonyl (C=O) groups is 1. The smallest absolute Gasteiger partial charge is 0.168 e. The van der Waals surface area contributed by atoms with Crippen LogP contribution in [-0.4, -0.2) is 30.8 Å². The van der Waals surface area contributed by atoms with Crippen LogP contribution in [0.2, 0.25) is 0 Å². The van der Waals surface area contributed by atoms with Gasteiger partial charge in [-0.3, -0.25) is 4.79 Å². The molecule has 0 bridgehead atoms. The van der Waals surface area contributed by atoms with Gasteiger partial charge in [0.15, 0.2) is 5.78 Å². The van der Waals surface area contributed by atoms with Gasteiger partial charge in [-0.1, -0.05) is 20.8 Å². The fourth-order valence-electron chi connectivity index (χ4n) is 3.10. The summed E-state index contributed by atoms with van der Waals surface area (Å²) < 4.78 is 10.6. The van der Waals surface area contributed by atoms with Gasteiger partial charge in [-0.05, 0) is 30.4 Å². The number of benzene rings is 1. The van der Waals surface area contributed by atoms with E-state index in [2.05, 4.69) is 0 Å². The zero-order valence-corrected chi connectivity index (χ0v) is 15.7. The van der Waals surface area contributed by atoms with E-state index in [1.165, 1.54) is 0 Å². The van der Waals surface area contributed by atoms with Gasteiger partial charge >= 0.3 is 0 Å². The lowest BCUT2D eigenvalue weighted by Crippen LogP contribution is -2.32. The van der Waals surface area contributed by atoms with Crippen LogP contribution < -0.4 is 9.47 Å². The summed E-state index contributed by atoms with van der Waals surface area (Å²) in [5.74, 6) is 1.32. The van der Waals surface area contributed by atoms with E-state index in [9.17, 15) is 9.90 Å². The normalized spacial score (nSPS) is 20.5. The number of nitrogens with zero attached hydrogens (tertiary/aromatic N) is 1. The third-order valence-corrected chi connectivity index (χ3v) is 4.27. The number of aliphatic hydroxyl groups is 1. The number of ether oxygens (including phenoxy) is 2. The molecule has 1 aliphatic rings. The molecule has 5 heteroatoms. The Kier molecular flexibility index (Phi) is 5.88. The van der Waals surface area contributed by atoms with Gasteiger partial charge in [0.05, 0.1) is 25.5 Å². The van der Waals surface area contributed by atoms with Crippen LogP contribution in [0.25, 0.3) is 0 Å². The Labute approximate surface area is 149 Å². The van der Waals surface area contributed by atoms with Gasteiger partial charge in [0.25, 0.3) is 0 Å². The van der Waals surface area contributed by atoms with E-state index in [0.29, 0.717) is 47.7 Å². The number of ketones is 1. The van der Waals surface area contributed by atoms with Gasteiger partial charge in [0, 0.05) is 18.9 Å². The van der Waals surface area contributed by atoms with Crippen LogP contribution in [0.15, 0.2) is 34.5 Å². The minimum atomic E-state index is -0.189. The largest absolute Gasteiger partial charge is 0.511 e. The Morgan fingerprint density at radius 2 is 1.96 bits per heavy atom. The fraction of sp³-hybridized carbons (Fsp3) is 0.500. The summed E-state index contributed by atoms with van der Waals surface area (Å²) in [6, 6.07) is 5.35. The molecule has 136 valence electrons. The molecule has 1 aromatic carbocycles. The summed E-state index contributed by atoms with van der Waals surface area (Å²) in [5.41, 5.74) is 1.42. The van der Waals surface area contributed by atoms with E-state index in [0.717, 1.165) is 6.42 Å². The minimum Gasteiger partial charge on any atom is -0.511 e. The summed E-state index contributed by atoms with van der Waals surface area (Å²) in [7, 11) is 3.16. The van der Waals surface area contributed by atoms with Crippen molar-refractivity contribution in [2.45, 2.75) is 46.5 Å². The van der Waals surface area contributed by atoms with Crippen LogP contribution in [0.4, 0.5) is 5.69 Å². The van der Waals surface area contributed by atoms with Crippen molar-refractivity contribution in [3.05, 3.63) is 29.5 Å². The molecule has 0 heterocycles. The lowest BCUT2D eigenvalue weighted by Gasteiger charge is -2.31. The van der Waals surface area contributed by atoms with Gasteiger partial charge in [0.1, 0.15) is 22.9 Å². The zero-order chi connectivity index (χ0) is 18.6. The summed E-state index contributed by atoms with van der Waals surface area (Å²) >= 11 is 0. The van der Waals surface area contributed by atoms with E-state index in [1.807, 2.05) is 20.8 Å². The molecule has 1 aliphatic carbocycles. The van der Waals surface area contributed by atoms with Crippen molar-refractivity contribution in [2.24, 2.45) is 10.4 Å². The molecule has 0 spiro atoms. The van der Waals surface area contributed by atoms with Gasteiger partial charge in [0.2, 0.25) is 0 Å². The van der Waals surface area contributed by atoms with Crippen LogP contribution in [0, 0.1) is 5.41 Å². The molecular weight excluding hydrogens is 318 g/mol. The van der Waals surface area contributed by atoms with Crippen molar-refractivity contribution >= 4 is 17.2 Å². The summed E-state index contributed by atoms with van der Waals surface area (Å²) in [6.45, 7) is 6.05. The number of Topliss-reactive ketones (excluding diaryl/α,β-unsaturated/α-hetero) is 1. The molecule has 0 aromatic heterocycles. The van der Waals surface area contributed by atoms with Gasteiger partial charge < -0.3 is 14.6 Å². The molecule has 2 rings (SSSR count). The number of aliphatic hydroxyl groups excluding tert-OH is 1. The number of methoxy groups -OCH3 is 2. The second-order valence-corrected chi connectivity index (χ2v) is 7.11. The van der Waals surface area contributed by atoms with Crippen molar-refractivity contribution in [2.75, 3.05) is 14.2 Å². The quantitative estimate of drug-likeness (QED) is 0.616. The molecule has 1 saturated carbocycles. The van der Waals surface area contributed by atoms with Gasteiger partial charge in [-0.2, -0.15) is 0 Å². The number of allylic oxidation sites excluding steroid dienone is 2. The lowest BCUT2D eigenvalue weighted by molar-refractivity contribution is -0.117. The minimum absolute atomic E-state index is 0.0478. The lowest BCUT2D eigenvalue weighted by atomic mass is 9.73. The molecule has 25 heavy (non-hydrogen) atoms. The highest BCUT2D eigenvalue weighted by molar-refractivity contribution is 6.25. The van der Waals surface area contributed by atoms with E-state index < -0.39 is 0 Å². The average Bonchev–Trinajstić information content (AvgIpc) is 2.53. The molecule has 0 unspecified atom stereocenters. The maximum atomic E-state index is 12.6. The molecule has 0 amide bonds. The topological polar surface area (TPSA) is 68.1 Å². The standard InChI is InChI=1S/C20H27NO4/c1-6-7-16(22)19-15(11-20(2,3)12-17(19)23)21-14-9-8-13(24-4)10-18(14)25-5/h8-10,22H,6-7,11-12H2,1-5H3/b19-16-,21-15?. The van der Waals surface area contributed by atoms with Crippen molar-refractivity contribution in [1.29, 1.82) is 0 Å². The molecule has 1 N–H and O–H groups in total. The molecular formula is C20H27NO4. The van der Waals surface area contributed by atoms with E-state index in [1.54, 1.807) is 32.4 Å². The van der Waals surface area contributed by atoms with Crippen LogP contribution in [0.3, 0.4) is 0 Å². The summed E-state index contributed by atoms with van der Waals surface area (Å²) in [6.07, 6.45) is 2.28. The first-order chi connectivity index (χ1) is 11.8. The number of aliphatic imine (C=N–C) groups is 1. The van der Waals surface area contributed by atoms with E-state index in [4.69, 9.17) is 14.5 Å². The first-order valence-electron chi connectivity index (χ1n) is 8.56. The fourth-order valence-corrected chi connectivity index (χ4v) is 3.10. The SMILES string of the molecule is CCC/C(O)=C1/C(=O)CC(C)(C)CC1=Nc1ccc(OC)cc1OC. The average molecular weight is 345 g/mol. The Bertz CT molecular complexity index is 716. The number of hydrogen-bond acceptors (Lipinski definition) is 5. The second kappa shape index (κ2) is 7.72. The maximum absolute atomic E-state index is 12.6. The Hall–Kier alpha value is -2.30. The Morgan fingerprint density at radius 1 is 1.24 bits per heavy atom. The molecule has 0 aliphatic heterocycles. The molecule has 0 radical (unpaired) electrons. The van der Waals surface area contributed by atoms with Crippen LogP contribution in [0.1, 0.15) is 46.5 Å². The van der Waals surface area contributed by atoms with Gasteiger partial charge in [-0.15, -0.1) is 0 Å². The first kappa shape index (κ1) is 19.0. The van der Waals surface area contributed by atoms with E-state index >= 15 is 0 Å². The Morgan fingerprint density at radius 3 is 2.56 bits per heavy atom. The maximum Gasteiger partial charge on any atom is 0.168 e. The molecule has 1 fully saturated rings. The Balaban J connectivity index is 2.56. The van der Waals surface area contributed by atoms with Crippen molar-refractivity contribution in [1.82, 2.24) is 0 Å². The highest BCUT2D eigenvalue weighted by Crippen LogP contribution is 2.39. The molecule has 5 nitrogen and oxygen atoms in total. The highest BCUT2D eigenvalue weighted by Gasteiger charge is 2.36. The van der Waals surface area contributed by atoms with Crippen LogP contribution >= 0.6 is 0 Å². The predicted molar refractivity (Wildman–Crippen MR) is 99.2 cm³/mol. The third-order valence-electron chi connectivity index (χ3n) is 4.27. The van der Waals surface area contributed by atoms with Crippen molar-refractivity contribution < 1.29 is 19.4 Å². The van der Waals surface area contributed by atoms with Gasteiger partial charge in [-0.25, -0.2) is 4.99 Å². The van der Waals surface area contributed by atoms with Crippen LogP contribution in [-0.2, 0) is 4.79 Å². The molecule has 1 aromatic rings. The summed E-state index contributed by atoms with van der Waals surface area (Å²) in [4.78, 5) is 17.3. The monoisotopic (exact) mass is 345 g/mol. The van der Waals surface area contributed by atoms with E-state index in [-0.39, 0.29) is 17.0 Å². The summed E-state index contributed by atoms with van der Waals surface area (Å²) in [5, 5.41) is 10.4. The number of carbonyl (C=O) groups excluding carboxylic acids is 1. The number of hydrogen-bond donors (Lipinski definition) is 1. The van der Waals surface area contributed by atoms with Crippen molar-refractivity contribution in [3.63, 3.8) is 0 Å². The second-order valence-electron chi connectivity index (χ2n) is 7.11. The van der Waals surface area contributed by atoms with Crippen LogP contribution in [0.5, 0.6) is 11.5 Å². The highest BCUT2D eigenvalue weighted by atomic mass is 16.5. The molecule has 0 atom stereocenters. The predicted octanol–water partition coefficient (Wildman–Crippen LogP) is 4.78. The zero-order valence-electron chi connectivity index (χ0n) is 15.7. The third kappa shape index (κ3) is 4.41.